The Kier molecular flexibility index (Phi) is 6.04. The number of anilines is 1. The minimum atomic E-state index is -3.77. The van der Waals surface area contributed by atoms with Gasteiger partial charge in [0.2, 0.25) is 10.0 Å². The second kappa shape index (κ2) is 8.47. The van der Waals surface area contributed by atoms with Gasteiger partial charge in [0.15, 0.2) is 0 Å². The number of hydrogen-bond acceptors (Lipinski definition) is 7. The number of pyridine rings is 1. The average molecular weight is 391 g/mol. The van der Waals surface area contributed by atoms with Crippen LogP contribution in [0.1, 0.15) is 15.9 Å². The van der Waals surface area contributed by atoms with Gasteiger partial charge < -0.3 is 14.4 Å². The van der Waals surface area contributed by atoms with Crippen molar-refractivity contribution in [1.29, 1.82) is 0 Å². The molecule has 3 rings (SSSR count). The van der Waals surface area contributed by atoms with Crippen LogP contribution >= 0.6 is 0 Å². The molecule has 1 aromatic carbocycles. The summed E-state index contributed by atoms with van der Waals surface area (Å²) in [5, 5.41) is 0. The van der Waals surface area contributed by atoms with Crippen LogP contribution in [-0.2, 0) is 26.0 Å². The van der Waals surface area contributed by atoms with E-state index in [9.17, 15) is 13.2 Å². The van der Waals surface area contributed by atoms with E-state index in [-0.39, 0.29) is 17.0 Å². The molecule has 0 bridgehead atoms. The first kappa shape index (κ1) is 19.3. The number of methoxy groups -OCH3 is 1. The highest BCUT2D eigenvalue weighted by Crippen LogP contribution is 2.16. The monoisotopic (exact) mass is 391 g/mol. The summed E-state index contributed by atoms with van der Waals surface area (Å²) in [4.78, 5) is 18.1. The normalized spacial score (nSPS) is 14.8. The highest BCUT2D eigenvalue weighted by Gasteiger charge is 2.17. The predicted molar refractivity (Wildman–Crippen MR) is 99.1 cm³/mol. The summed E-state index contributed by atoms with van der Waals surface area (Å²) in [6.07, 6.45) is 1.66. The predicted octanol–water partition coefficient (Wildman–Crippen LogP) is 1.18. The lowest BCUT2D eigenvalue weighted by atomic mass is 10.2. The molecule has 0 unspecified atom stereocenters. The highest BCUT2D eigenvalue weighted by molar-refractivity contribution is 7.89. The number of nitrogens with one attached hydrogen (secondary N) is 1. The van der Waals surface area contributed by atoms with Crippen molar-refractivity contribution >= 4 is 21.8 Å². The highest BCUT2D eigenvalue weighted by atomic mass is 32.2. The lowest BCUT2D eigenvalue weighted by Crippen LogP contribution is -2.36. The molecule has 1 N–H and O–H groups in total. The largest absolute Gasteiger partial charge is 0.465 e. The maximum atomic E-state index is 12.5. The summed E-state index contributed by atoms with van der Waals surface area (Å²) in [6, 6.07) is 9.35. The number of nitrogens with zero attached hydrogens (tertiary/aromatic N) is 2. The molecule has 1 aliphatic rings. The molecule has 0 spiro atoms. The fourth-order valence-corrected chi connectivity index (χ4v) is 3.77. The van der Waals surface area contributed by atoms with E-state index >= 15 is 0 Å². The fraction of sp³-hybridized carbons (Fsp3) is 0.333. The van der Waals surface area contributed by atoms with E-state index < -0.39 is 16.0 Å². The van der Waals surface area contributed by atoms with Crippen molar-refractivity contribution in [3.05, 3.63) is 53.7 Å². The number of rotatable bonds is 6. The fourth-order valence-electron chi connectivity index (χ4n) is 2.71. The van der Waals surface area contributed by atoms with Crippen molar-refractivity contribution in [2.75, 3.05) is 38.3 Å². The van der Waals surface area contributed by atoms with Crippen molar-refractivity contribution in [1.82, 2.24) is 9.71 Å². The van der Waals surface area contributed by atoms with E-state index in [1.807, 2.05) is 6.07 Å². The smallest absolute Gasteiger partial charge is 0.337 e. The van der Waals surface area contributed by atoms with Gasteiger partial charge >= 0.3 is 5.97 Å². The maximum absolute atomic E-state index is 12.5. The first-order valence-electron chi connectivity index (χ1n) is 8.45. The summed E-state index contributed by atoms with van der Waals surface area (Å²) in [5.41, 5.74) is 0.970. The average Bonchev–Trinajstić information content (AvgIpc) is 2.73. The van der Waals surface area contributed by atoms with Gasteiger partial charge in [0.25, 0.3) is 0 Å². The number of carbonyl (C=O) groups excluding carboxylic acids is 1. The van der Waals surface area contributed by atoms with Crippen LogP contribution in [0.25, 0.3) is 0 Å². The quantitative estimate of drug-likeness (QED) is 0.739. The Morgan fingerprint density at radius 2 is 2.04 bits per heavy atom. The number of sulfonamides is 1. The Morgan fingerprint density at radius 1 is 1.26 bits per heavy atom. The van der Waals surface area contributed by atoms with Crippen molar-refractivity contribution < 1.29 is 22.7 Å². The summed E-state index contributed by atoms with van der Waals surface area (Å²) >= 11 is 0. The molecule has 0 saturated carbocycles. The first-order valence-corrected chi connectivity index (χ1v) is 9.93. The second-order valence-corrected chi connectivity index (χ2v) is 7.73. The number of esters is 1. The zero-order valence-electron chi connectivity index (χ0n) is 14.9. The minimum absolute atomic E-state index is 0.00728. The van der Waals surface area contributed by atoms with Crippen LogP contribution in [0.2, 0.25) is 0 Å². The summed E-state index contributed by atoms with van der Waals surface area (Å²) in [7, 11) is -2.52. The Morgan fingerprint density at radius 3 is 2.78 bits per heavy atom. The van der Waals surface area contributed by atoms with Crippen LogP contribution < -0.4 is 9.62 Å². The Bertz CT molecular complexity index is 911. The molecule has 1 fully saturated rings. The Hall–Kier alpha value is -2.49. The molecule has 2 heterocycles. The molecule has 144 valence electrons. The molecule has 8 nitrogen and oxygen atoms in total. The van der Waals surface area contributed by atoms with Gasteiger partial charge in [-0.15, -0.1) is 0 Å². The van der Waals surface area contributed by atoms with E-state index in [1.54, 1.807) is 12.3 Å². The molecule has 2 aromatic rings. The van der Waals surface area contributed by atoms with E-state index in [0.29, 0.717) is 13.2 Å². The van der Waals surface area contributed by atoms with Gasteiger partial charge in [-0.3, -0.25) is 0 Å². The molecule has 0 amide bonds. The molecule has 0 aliphatic carbocycles. The van der Waals surface area contributed by atoms with E-state index in [0.717, 1.165) is 24.5 Å². The number of hydrogen-bond donors (Lipinski definition) is 1. The van der Waals surface area contributed by atoms with Gasteiger partial charge in [-0.2, -0.15) is 0 Å². The molecule has 9 heteroatoms. The zero-order valence-corrected chi connectivity index (χ0v) is 15.7. The molecule has 0 radical (unpaired) electrons. The van der Waals surface area contributed by atoms with Crippen molar-refractivity contribution in [3.8, 4) is 0 Å². The van der Waals surface area contributed by atoms with Crippen molar-refractivity contribution in [2.45, 2.75) is 11.4 Å². The number of ether oxygens (including phenoxy) is 2. The zero-order chi connectivity index (χ0) is 19.3. The molecular weight excluding hydrogens is 370 g/mol. The molecule has 0 atom stereocenters. The lowest BCUT2D eigenvalue weighted by molar-refractivity contribution is 0.0600. The molecule has 1 aromatic heterocycles. The van der Waals surface area contributed by atoms with Gasteiger partial charge in [-0.1, -0.05) is 6.07 Å². The Balaban J connectivity index is 1.71. The van der Waals surface area contributed by atoms with Crippen molar-refractivity contribution in [3.63, 3.8) is 0 Å². The molecule has 1 aliphatic heterocycles. The van der Waals surface area contributed by atoms with Crippen LogP contribution in [0, 0.1) is 0 Å². The molecular formula is C18H21N3O5S. The SMILES string of the molecule is COC(=O)c1cccc(S(=O)(=O)NCc2ccnc(N3CCOCC3)c2)c1. The van der Waals surface area contributed by atoms with Crippen LogP contribution in [-0.4, -0.2) is 52.8 Å². The van der Waals surface area contributed by atoms with Crippen LogP contribution in [0.15, 0.2) is 47.5 Å². The lowest BCUT2D eigenvalue weighted by Gasteiger charge is -2.28. The minimum Gasteiger partial charge on any atom is -0.465 e. The van der Waals surface area contributed by atoms with E-state index in [4.69, 9.17) is 4.74 Å². The third-order valence-electron chi connectivity index (χ3n) is 4.18. The third-order valence-corrected chi connectivity index (χ3v) is 5.58. The van der Waals surface area contributed by atoms with Gasteiger partial charge in [0.05, 0.1) is 30.8 Å². The van der Waals surface area contributed by atoms with Crippen LogP contribution in [0.5, 0.6) is 0 Å². The second-order valence-electron chi connectivity index (χ2n) is 5.97. The standard InChI is InChI=1S/C18H21N3O5S/c1-25-18(22)15-3-2-4-16(12-15)27(23,24)20-13-14-5-6-19-17(11-14)21-7-9-26-10-8-21/h2-6,11-12,20H,7-10,13H2,1H3. The van der Waals surface area contributed by atoms with Gasteiger partial charge in [0, 0.05) is 25.8 Å². The third kappa shape index (κ3) is 4.82. The van der Waals surface area contributed by atoms with Crippen LogP contribution in [0.4, 0.5) is 5.82 Å². The maximum Gasteiger partial charge on any atom is 0.337 e. The number of carbonyl (C=O) groups is 1. The summed E-state index contributed by atoms with van der Waals surface area (Å²) in [5.74, 6) is 0.207. The summed E-state index contributed by atoms with van der Waals surface area (Å²) in [6.45, 7) is 2.92. The summed E-state index contributed by atoms with van der Waals surface area (Å²) < 4.78 is 37.6. The van der Waals surface area contributed by atoms with Gasteiger partial charge in [-0.25, -0.2) is 22.9 Å². The number of benzene rings is 1. The topological polar surface area (TPSA) is 97.8 Å². The Labute approximate surface area is 158 Å². The van der Waals surface area contributed by atoms with Gasteiger partial charge in [-0.05, 0) is 35.9 Å². The van der Waals surface area contributed by atoms with E-state index in [2.05, 4.69) is 19.3 Å². The van der Waals surface area contributed by atoms with Crippen molar-refractivity contribution in [2.24, 2.45) is 0 Å². The number of aromatic nitrogens is 1. The number of morpholine rings is 1. The van der Waals surface area contributed by atoms with Gasteiger partial charge in [0.1, 0.15) is 5.82 Å². The van der Waals surface area contributed by atoms with E-state index in [1.165, 1.54) is 31.4 Å². The molecule has 1 saturated heterocycles. The molecule has 27 heavy (non-hydrogen) atoms. The first-order chi connectivity index (χ1) is 13.0. The van der Waals surface area contributed by atoms with Crippen LogP contribution in [0.3, 0.4) is 0 Å².